The average molecular weight is 382 g/mol. The van der Waals surface area contributed by atoms with Gasteiger partial charge in [0.2, 0.25) is 0 Å². The van der Waals surface area contributed by atoms with E-state index in [0.29, 0.717) is 12.0 Å². The van der Waals surface area contributed by atoms with Gasteiger partial charge in [-0.2, -0.15) is 5.10 Å². The molecule has 6 heteroatoms. The summed E-state index contributed by atoms with van der Waals surface area (Å²) in [6.07, 6.45) is 14.1. The van der Waals surface area contributed by atoms with Crippen LogP contribution < -0.4 is 0 Å². The Morgan fingerprint density at radius 1 is 1.14 bits per heavy atom. The van der Waals surface area contributed by atoms with Gasteiger partial charge in [-0.3, -0.25) is 10.00 Å². The third-order valence-electron chi connectivity index (χ3n) is 6.14. The minimum absolute atomic E-state index is 0.603. The van der Waals surface area contributed by atoms with E-state index in [1.807, 2.05) is 18.6 Å². The molecular weight excluding hydrogens is 350 g/mol. The molecule has 28 heavy (non-hydrogen) atoms. The van der Waals surface area contributed by atoms with Crippen LogP contribution in [-0.2, 0) is 4.74 Å². The lowest BCUT2D eigenvalue weighted by molar-refractivity contribution is 0.0990. The Morgan fingerprint density at radius 3 is 2.71 bits per heavy atom. The number of rotatable bonds is 8. The minimum atomic E-state index is 0.603. The molecule has 150 valence electrons. The van der Waals surface area contributed by atoms with E-state index in [9.17, 15) is 0 Å². The third kappa shape index (κ3) is 3.98. The molecule has 0 aromatic carbocycles. The van der Waals surface area contributed by atoms with Gasteiger partial charge in [-0.15, -0.1) is 0 Å². The van der Waals surface area contributed by atoms with Gasteiger partial charge >= 0.3 is 0 Å². The van der Waals surface area contributed by atoms with Crippen molar-refractivity contribution in [1.29, 1.82) is 0 Å². The molecule has 0 radical (unpaired) electrons. The Bertz CT molecular complexity index is 864. The Morgan fingerprint density at radius 2 is 2.00 bits per heavy atom. The highest BCUT2D eigenvalue weighted by Gasteiger charge is 2.26. The van der Waals surface area contributed by atoms with Crippen molar-refractivity contribution in [3.8, 4) is 11.1 Å². The lowest BCUT2D eigenvalue weighted by atomic mass is 9.81. The van der Waals surface area contributed by atoms with Crippen molar-refractivity contribution in [2.24, 2.45) is 0 Å². The second-order valence-electron chi connectivity index (χ2n) is 7.89. The van der Waals surface area contributed by atoms with E-state index >= 15 is 0 Å². The van der Waals surface area contributed by atoms with Crippen LogP contribution in [0.15, 0.2) is 30.9 Å². The van der Waals surface area contributed by atoms with Crippen molar-refractivity contribution >= 4 is 11.0 Å². The monoisotopic (exact) mass is 381 g/mol. The van der Waals surface area contributed by atoms with Crippen molar-refractivity contribution in [3.05, 3.63) is 36.4 Å². The van der Waals surface area contributed by atoms with Crippen LogP contribution in [-0.4, -0.2) is 57.9 Å². The molecule has 1 aliphatic carbocycles. The predicted molar refractivity (Wildman–Crippen MR) is 112 cm³/mol. The summed E-state index contributed by atoms with van der Waals surface area (Å²) < 4.78 is 5.32. The number of pyridine rings is 1. The van der Waals surface area contributed by atoms with Crippen LogP contribution in [0.3, 0.4) is 0 Å². The van der Waals surface area contributed by atoms with E-state index in [1.165, 1.54) is 55.2 Å². The molecule has 4 rings (SSSR count). The fourth-order valence-corrected chi connectivity index (χ4v) is 4.63. The average Bonchev–Trinajstić information content (AvgIpc) is 3.40. The van der Waals surface area contributed by atoms with Gasteiger partial charge in [0, 0.05) is 54.8 Å². The number of aromatic amines is 2. The second kappa shape index (κ2) is 8.88. The van der Waals surface area contributed by atoms with Gasteiger partial charge < -0.3 is 9.72 Å². The van der Waals surface area contributed by atoms with Gasteiger partial charge in [0.05, 0.1) is 12.8 Å². The standard InChI is InChI=1S/C22H31N5O/c1-3-8-27(9-10-28-2)19-6-4-16(5-7-19)17-11-20-21(18-13-25-26-14-18)15-24-22(20)23-12-17/h11-16,19H,3-10H2,1-2H3,(H,23,24)(H,25,26). The Balaban J connectivity index is 1.47. The quantitative estimate of drug-likeness (QED) is 0.609. The molecule has 0 spiro atoms. The highest BCUT2D eigenvalue weighted by molar-refractivity contribution is 5.93. The summed E-state index contributed by atoms with van der Waals surface area (Å²) in [5.41, 5.74) is 4.58. The lowest BCUT2D eigenvalue weighted by Gasteiger charge is -2.37. The number of hydrogen-bond acceptors (Lipinski definition) is 4. The van der Waals surface area contributed by atoms with E-state index in [1.54, 1.807) is 7.11 Å². The van der Waals surface area contributed by atoms with Crippen LogP contribution in [0, 0.1) is 0 Å². The molecule has 0 aliphatic heterocycles. The number of nitrogens with zero attached hydrogens (tertiary/aromatic N) is 3. The summed E-state index contributed by atoms with van der Waals surface area (Å²) in [5.74, 6) is 0.603. The van der Waals surface area contributed by atoms with E-state index in [2.05, 4.69) is 39.3 Å². The molecule has 0 atom stereocenters. The van der Waals surface area contributed by atoms with Crippen LogP contribution in [0.25, 0.3) is 22.2 Å². The molecule has 3 aromatic rings. The van der Waals surface area contributed by atoms with Crippen LogP contribution in [0.2, 0.25) is 0 Å². The van der Waals surface area contributed by atoms with Gasteiger partial charge in [-0.1, -0.05) is 6.92 Å². The smallest absolute Gasteiger partial charge is 0.137 e. The molecule has 0 amide bonds. The summed E-state index contributed by atoms with van der Waals surface area (Å²) in [5, 5.41) is 8.18. The maximum absolute atomic E-state index is 5.32. The summed E-state index contributed by atoms with van der Waals surface area (Å²) in [6, 6.07) is 3.03. The van der Waals surface area contributed by atoms with Crippen LogP contribution in [0.1, 0.15) is 50.5 Å². The molecule has 6 nitrogen and oxygen atoms in total. The van der Waals surface area contributed by atoms with Crippen LogP contribution in [0.5, 0.6) is 0 Å². The van der Waals surface area contributed by atoms with Gasteiger partial charge in [-0.05, 0) is 56.2 Å². The largest absolute Gasteiger partial charge is 0.383 e. The molecule has 0 saturated heterocycles. The number of nitrogens with one attached hydrogen (secondary N) is 2. The second-order valence-corrected chi connectivity index (χ2v) is 7.89. The van der Waals surface area contributed by atoms with E-state index in [0.717, 1.165) is 24.4 Å². The van der Waals surface area contributed by atoms with Crippen molar-refractivity contribution in [3.63, 3.8) is 0 Å². The van der Waals surface area contributed by atoms with Crippen molar-refractivity contribution in [2.75, 3.05) is 26.8 Å². The number of hydrogen-bond donors (Lipinski definition) is 2. The van der Waals surface area contributed by atoms with E-state index < -0.39 is 0 Å². The van der Waals surface area contributed by atoms with Crippen molar-refractivity contribution in [1.82, 2.24) is 25.1 Å². The predicted octanol–water partition coefficient (Wildman–Crippen LogP) is 4.34. The molecule has 1 fully saturated rings. The molecule has 1 aliphatic rings. The van der Waals surface area contributed by atoms with Crippen molar-refractivity contribution < 1.29 is 4.74 Å². The molecule has 2 N–H and O–H groups in total. The molecule has 0 bridgehead atoms. The van der Waals surface area contributed by atoms with E-state index in [4.69, 9.17) is 9.72 Å². The van der Waals surface area contributed by atoms with Crippen LogP contribution in [0.4, 0.5) is 0 Å². The number of aromatic nitrogens is 4. The fourth-order valence-electron chi connectivity index (χ4n) is 4.63. The SMILES string of the molecule is CCCN(CCOC)C1CCC(c2cnc3[nH]cc(-c4cn[nH]c4)c3c2)CC1. The summed E-state index contributed by atoms with van der Waals surface area (Å²) >= 11 is 0. The topological polar surface area (TPSA) is 69.8 Å². The zero-order chi connectivity index (χ0) is 19.3. The van der Waals surface area contributed by atoms with Gasteiger partial charge in [0.1, 0.15) is 5.65 Å². The number of H-pyrrole nitrogens is 2. The normalized spacial score (nSPS) is 20.2. The van der Waals surface area contributed by atoms with Crippen LogP contribution >= 0.6 is 0 Å². The number of ether oxygens (including phenoxy) is 1. The van der Waals surface area contributed by atoms with Gasteiger partial charge in [-0.25, -0.2) is 4.98 Å². The van der Waals surface area contributed by atoms with Gasteiger partial charge in [0.25, 0.3) is 0 Å². The first-order chi connectivity index (χ1) is 13.8. The van der Waals surface area contributed by atoms with Gasteiger partial charge in [0.15, 0.2) is 0 Å². The summed E-state index contributed by atoms with van der Waals surface area (Å²) in [6.45, 7) is 5.31. The first kappa shape index (κ1) is 19.2. The first-order valence-electron chi connectivity index (χ1n) is 10.5. The molecule has 1 saturated carbocycles. The number of methoxy groups -OCH3 is 1. The molecule has 3 aromatic heterocycles. The Kier molecular flexibility index (Phi) is 6.07. The Labute approximate surface area is 166 Å². The lowest BCUT2D eigenvalue weighted by Crippen LogP contribution is -2.40. The highest BCUT2D eigenvalue weighted by Crippen LogP contribution is 2.37. The first-order valence-corrected chi connectivity index (χ1v) is 10.5. The maximum Gasteiger partial charge on any atom is 0.137 e. The molecule has 0 unspecified atom stereocenters. The minimum Gasteiger partial charge on any atom is -0.383 e. The van der Waals surface area contributed by atoms with Crippen molar-refractivity contribution in [2.45, 2.75) is 51.0 Å². The molecular formula is C22H31N5O. The molecule has 3 heterocycles. The summed E-state index contributed by atoms with van der Waals surface area (Å²) in [4.78, 5) is 10.6. The fraction of sp³-hybridized carbons (Fsp3) is 0.545. The zero-order valence-electron chi connectivity index (χ0n) is 16.9. The maximum atomic E-state index is 5.32. The Hall–Kier alpha value is -2.18. The van der Waals surface area contributed by atoms with E-state index in [-0.39, 0.29) is 0 Å². The number of fused-ring (bicyclic) bond motifs is 1. The third-order valence-corrected chi connectivity index (χ3v) is 6.14. The zero-order valence-corrected chi connectivity index (χ0v) is 16.9. The summed E-state index contributed by atoms with van der Waals surface area (Å²) in [7, 11) is 1.79. The highest BCUT2D eigenvalue weighted by atomic mass is 16.5.